The minimum absolute atomic E-state index is 0.157. The van der Waals surface area contributed by atoms with E-state index < -0.39 is 0 Å². The van der Waals surface area contributed by atoms with Gasteiger partial charge in [0.15, 0.2) is 17.0 Å². The van der Waals surface area contributed by atoms with Crippen molar-refractivity contribution < 1.29 is 4.52 Å². The van der Waals surface area contributed by atoms with Crippen molar-refractivity contribution in [2.24, 2.45) is 18.9 Å². The minimum Gasteiger partial charge on any atom is -0.337 e. The van der Waals surface area contributed by atoms with E-state index in [2.05, 4.69) is 50.5 Å². The summed E-state index contributed by atoms with van der Waals surface area (Å²) in [5, 5.41) is 4.40. The molecule has 1 fully saturated rings. The maximum absolute atomic E-state index is 12.8. The number of hydrogen-bond donors (Lipinski definition) is 0. The van der Waals surface area contributed by atoms with Crippen molar-refractivity contribution >= 4 is 28.3 Å². The van der Waals surface area contributed by atoms with Crippen molar-refractivity contribution in [1.29, 1.82) is 0 Å². The van der Waals surface area contributed by atoms with Crippen LogP contribution in [0.25, 0.3) is 16.7 Å². The minimum atomic E-state index is -0.250. The molecule has 1 aromatic carbocycles. The van der Waals surface area contributed by atoms with Gasteiger partial charge >= 0.3 is 0 Å². The Morgan fingerprint density at radius 2 is 2.07 bits per heavy atom. The molecular formula is C21H17ClN6O2. The third-order valence-electron chi connectivity index (χ3n) is 6.12. The number of allylic oxidation sites excluding steroid dienone is 2. The van der Waals surface area contributed by atoms with Gasteiger partial charge in [0, 0.05) is 13.0 Å². The third-order valence-corrected chi connectivity index (χ3v) is 6.45. The molecule has 6 rings (SSSR count). The van der Waals surface area contributed by atoms with Crippen LogP contribution in [0.1, 0.15) is 29.6 Å². The van der Waals surface area contributed by atoms with E-state index in [1.165, 1.54) is 26.6 Å². The van der Waals surface area contributed by atoms with Crippen LogP contribution in [0.4, 0.5) is 0 Å². The fourth-order valence-electron chi connectivity index (χ4n) is 4.50. The number of benzene rings is 1. The van der Waals surface area contributed by atoms with Crippen molar-refractivity contribution in [1.82, 2.24) is 29.2 Å². The lowest BCUT2D eigenvalue weighted by atomic mass is 10.0. The van der Waals surface area contributed by atoms with Gasteiger partial charge in [-0.25, -0.2) is 4.98 Å². The number of imidazole rings is 1. The van der Waals surface area contributed by atoms with E-state index in [-0.39, 0.29) is 17.4 Å². The van der Waals surface area contributed by atoms with Crippen LogP contribution in [-0.4, -0.2) is 29.2 Å². The van der Waals surface area contributed by atoms with Crippen LogP contribution in [0.15, 0.2) is 52.1 Å². The molecule has 3 aromatic heterocycles. The van der Waals surface area contributed by atoms with Gasteiger partial charge in [-0.3, -0.25) is 9.36 Å². The van der Waals surface area contributed by atoms with Crippen LogP contribution in [0.3, 0.4) is 0 Å². The molecule has 0 bridgehead atoms. The molecule has 3 unspecified atom stereocenters. The molecule has 0 radical (unpaired) electrons. The summed E-state index contributed by atoms with van der Waals surface area (Å²) in [6.07, 6.45) is 4.80. The van der Waals surface area contributed by atoms with Crippen molar-refractivity contribution in [2.45, 2.75) is 18.9 Å². The molecule has 8 nitrogen and oxygen atoms in total. The molecule has 0 amide bonds. The number of fused-ring (bicyclic) bond motifs is 2. The Balaban J connectivity index is 1.22. The zero-order valence-electron chi connectivity index (χ0n) is 16.1. The summed E-state index contributed by atoms with van der Waals surface area (Å²) in [4.78, 5) is 25.6. The Bertz CT molecular complexity index is 1370. The fourth-order valence-corrected chi connectivity index (χ4v) is 4.67. The zero-order chi connectivity index (χ0) is 20.4. The normalized spacial score (nSPS) is 22.3. The van der Waals surface area contributed by atoms with E-state index in [1.807, 2.05) is 6.07 Å². The third kappa shape index (κ3) is 2.64. The molecule has 2 aliphatic rings. The Hall–Kier alpha value is -3.26. The monoisotopic (exact) mass is 420 g/mol. The van der Waals surface area contributed by atoms with Crippen LogP contribution in [0, 0.1) is 11.8 Å². The molecule has 150 valence electrons. The van der Waals surface area contributed by atoms with Gasteiger partial charge in [0.05, 0.1) is 0 Å². The summed E-state index contributed by atoms with van der Waals surface area (Å²) in [6, 6.07) is 10.5. The van der Waals surface area contributed by atoms with Gasteiger partial charge in [0.25, 0.3) is 5.56 Å². The summed E-state index contributed by atoms with van der Waals surface area (Å²) < 4.78 is 8.38. The maximum Gasteiger partial charge on any atom is 0.280 e. The van der Waals surface area contributed by atoms with Gasteiger partial charge in [-0.05, 0) is 41.0 Å². The predicted molar refractivity (Wildman–Crippen MR) is 110 cm³/mol. The molecule has 30 heavy (non-hydrogen) atoms. The van der Waals surface area contributed by atoms with Crippen molar-refractivity contribution in [3.05, 3.63) is 75.7 Å². The highest BCUT2D eigenvalue weighted by molar-refractivity contribution is 6.29. The lowest BCUT2D eigenvalue weighted by molar-refractivity contribution is 0.364. The molecule has 4 aromatic rings. The summed E-state index contributed by atoms with van der Waals surface area (Å²) in [6.45, 7) is 0.157. The van der Waals surface area contributed by atoms with Crippen LogP contribution in [-0.2, 0) is 13.6 Å². The molecule has 3 heterocycles. The quantitative estimate of drug-likeness (QED) is 0.471. The lowest BCUT2D eigenvalue weighted by Gasteiger charge is -2.04. The summed E-state index contributed by atoms with van der Waals surface area (Å²) in [5.74, 6) is 2.39. The van der Waals surface area contributed by atoms with E-state index in [1.54, 1.807) is 7.05 Å². The van der Waals surface area contributed by atoms with E-state index in [0.717, 1.165) is 6.42 Å². The highest BCUT2D eigenvalue weighted by atomic mass is 35.5. The Morgan fingerprint density at radius 1 is 1.23 bits per heavy atom. The molecule has 0 aliphatic heterocycles. The van der Waals surface area contributed by atoms with Crippen molar-refractivity contribution in [3.8, 4) is 0 Å². The number of rotatable bonds is 4. The lowest BCUT2D eigenvalue weighted by Crippen LogP contribution is -2.22. The number of hydrogen-bond acceptors (Lipinski definition) is 6. The fraction of sp³-hybridized carbons (Fsp3) is 0.286. The van der Waals surface area contributed by atoms with Gasteiger partial charge in [0.2, 0.25) is 11.2 Å². The molecular weight excluding hydrogens is 404 g/mol. The smallest absolute Gasteiger partial charge is 0.280 e. The highest BCUT2D eigenvalue weighted by Gasteiger charge is 2.55. The van der Waals surface area contributed by atoms with Crippen molar-refractivity contribution in [2.75, 3.05) is 0 Å². The van der Waals surface area contributed by atoms with Crippen molar-refractivity contribution in [3.63, 3.8) is 0 Å². The zero-order valence-corrected chi connectivity index (χ0v) is 16.8. The molecule has 1 saturated carbocycles. The molecule has 0 spiro atoms. The van der Waals surface area contributed by atoms with Crippen LogP contribution < -0.4 is 5.56 Å². The predicted octanol–water partition coefficient (Wildman–Crippen LogP) is 3.03. The molecule has 0 saturated heterocycles. The Morgan fingerprint density at radius 3 is 2.83 bits per heavy atom. The summed E-state index contributed by atoms with van der Waals surface area (Å²) >= 11 is 6.00. The first-order chi connectivity index (χ1) is 14.6. The van der Waals surface area contributed by atoms with Gasteiger partial charge in [-0.15, -0.1) is 0 Å². The Labute approximate surface area is 175 Å². The second-order valence-electron chi connectivity index (χ2n) is 7.87. The van der Waals surface area contributed by atoms with E-state index in [4.69, 9.17) is 16.1 Å². The van der Waals surface area contributed by atoms with Gasteiger partial charge < -0.3 is 9.09 Å². The summed E-state index contributed by atoms with van der Waals surface area (Å²) in [5.41, 5.74) is 3.10. The first-order valence-electron chi connectivity index (χ1n) is 9.76. The topological polar surface area (TPSA) is 91.6 Å². The average Bonchev–Trinajstić information content (AvgIpc) is 3.13. The number of aryl methyl sites for hydroxylation is 1. The Kier molecular flexibility index (Phi) is 3.73. The SMILES string of the molecule is Cn1c(Cl)nc2ncn(Cc3nc(C4C5C=C(c6ccccc6)CC54)no3)c(=O)c21. The van der Waals surface area contributed by atoms with E-state index in [9.17, 15) is 4.79 Å². The second kappa shape index (κ2) is 6.37. The molecule has 0 N–H and O–H groups in total. The highest BCUT2D eigenvalue weighted by Crippen LogP contribution is 2.62. The van der Waals surface area contributed by atoms with Gasteiger partial charge in [-0.1, -0.05) is 41.6 Å². The van der Waals surface area contributed by atoms with Gasteiger partial charge in [0.1, 0.15) is 12.9 Å². The first kappa shape index (κ1) is 17.6. The number of aromatic nitrogens is 6. The molecule has 2 aliphatic carbocycles. The number of halogens is 1. The van der Waals surface area contributed by atoms with Crippen LogP contribution >= 0.6 is 11.6 Å². The number of nitrogens with zero attached hydrogens (tertiary/aromatic N) is 6. The maximum atomic E-state index is 12.8. The first-order valence-corrected chi connectivity index (χ1v) is 10.1. The molecule has 9 heteroatoms. The van der Waals surface area contributed by atoms with Gasteiger partial charge in [-0.2, -0.15) is 9.97 Å². The van der Waals surface area contributed by atoms with E-state index in [0.29, 0.717) is 40.6 Å². The van der Waals surface area contributed by atoms with Crippen LogP contribution in [0.5, 0.6) is 0 Å². The van der Waals surface area contributed by atoms with Crippen LogP contribution in [0.2, 0.25) is 5.28 Å². The average molecular weight is 421 g/mol. The van der Waals surface area contributed by atoms with E-state index >= 15 is 0 Å². The second-order valence-corrected chi connectivity index (χ2v) is 8.20. The largest absolute Gasteiger partial charge is 0.337 e. The summed E-state index contributed by atoms with van der Waals surface area (Å²) in [7, 11) is 1.68. The standard InChI is InChI=1S/C21H17ClN6O2/c1-27-17-19(25-21(27)22)23-10-28(20(17)29)9-15-24-18(26-30-15)16-13-7-12(8-14(13)16)11-5-3-2-4-6-11/h2-7,10,13-14,16H,8-9H2,1H3. The molecule has 3 atom stereocenters.